The molecule has 1 amide bonds. The average Bonchev–Trinajstić information content (AvgIpc) is 3.26. The Morgan fingerprint density at radius 3 is 2.81 bits per heavy atom. The minimum Gasteiger partial charge on any atom is -0.464 e. The van der Waals surface area contributed by atoms with Crippen molar-refractivity contribution >= 4 is 27.5 Å². The van der Waals surface area contributed by atoms with Crippen LogP contribution in [0.1, 0.15) is 35.3 Å². The molecule has 0 saturated heterocycles. The summed E-state index contributed by atoms with van der Waals surface area (Å²) in [6, 6.07) is 12.0. The molecule has 0 unspecified atom stereocenters. The van der Waals surface area contributed by atoms with E-state index in [0.29, 0.717) is 6.54 Å². The van der Waals surface area contributed by atoms with Gasteiger partial charge in [0.25, 0.3) is 0 Å². The van der Waals surface area contributed by atoms with Crippen LogP contribution in [0.4, 0.5) is 0 Å². The number of nitrogens with zero attached hydrogens (tertiary/aromatic N) is 2. The van der Waals surface area contributed by atoms with Gasteiger partial charge < -0.3 is 9.32 Å². The fraction of sp³-hybridized carbons (Fsp3) is 0.333. The van der Waals surface area contributed by atoms with E-state index in [-0.39, 0.29) is 17.7 Å². The smallest absolute Gasteiger partial charge is 0.226 e. The monoisotopic (exact) mass is 366 g/mol. The quantitative estimate of drug-likeness (QED) is 0.617. The third-order valence-electron chi connectivity index (χ3n) is 4.94. The standard InChI is InChI=1S/C21H22N2O2S/c1-14-11-12-15(25-14)13-23(2)21(24)17-8-4-3-7-16(17)20-22-18-9-5-6-10-19(18)26-20/h3-6,9-12,16-17H,7-8,13H2,1-2H3/t16-,17+/m1/s1. The van der Waals surface area contributed by atoms with Crippen LogP contribution in [0.15, 0.2) is 53.0 Å². The van der Waals surface area contributed by atoms with E-state index in [9.17, 15) is 4.79 Å². The molecule has 1 aliphatic carbocycles. The van der Waals surface area contributed by atoms with Crippen LogP contribution >= 0.6 is 11.3 Å². The Morgan fingerprint density at radius 2 is 2.04 bits per heavy atom. The Bertz CT molecular complexity index is 923. The van der Waals surface area contributed by atoms with Gasteiger partial charge in [0.2, 0.25) is 5.91 Å². The van der Waals surface area contributed by atoms with E-state index in [2.05, 4.69) is 18.2 Å². The Hall–Kier alpha value is -2.40. The highest BCUT2D eigenvalue weighted by molar-refractivity contribution is 7.18. The zero-order chi connectivity index (χ0) is 18.1. The van der Waals surface area contributed by atoms with Crippen molar-refractivity contribution in [2.24, 2.45) is 5.92 Å². The molecule has 0 aliphatic heterocycles. The van der Waals surface area contributed by atoms with Gasteiger partial charge in [0.15, 0.2) is 0 Å². The van der Waals surface area contributed by atoms with Gasteiger partial charge in [0.1, 0.15) is 11.5 Å². The molecule has 2 heterocycles. The molecule has 1 aliphatic rings. The molecule has 4 rings (SSSR count). The summed E-state index contributed by atoms with van der Waals surface area (Å²) in [4.78, 5) is 19.7. The second kappa shape index (κ2) is 7.08. The topological polar surface area (TPSA) is 46.3 Å². The molecule has 26 heavy (non-hydrogen) atoms. The van der Waals surface area contributed by atoms with Crippen LogP contribution in [0.3, 0.4) is 0 Å². The Labute approximate surface area is 157 Å². The molecule has 0 saturated carbocycles. The molecule has 1 aromatic carbocycles. The first-order valence-corrected chi connectivity index (χ1v) is 9.74. The van der Waals surface area contributed by atoms with E-state index in [0.717, 1.165) is 34.9 Å². The van der Waals surface area contributed by atoms with Crippen molar-refractivity contribution < 1.29 is 9.21 Å². The number of aromatic nitrogens is 1. The maximum atomic E-state index is 13.1. The number of carbonyl (C=O) groups is 1. The highest BCUT2D eigenvalue weighted by Gasteiger charge is 2.34. The number of thiazole rings is 1. The Balaban J connectivity index is 1.56. The molecular weight excluding hydrogens is 344 g/mol. The molecule has 2 aromatic heterocycles. The summed E-state index contributed by atoms with van der Waals surface area (Å²) in [7, 11) is 1.86. The van der Waals surface area contributed by atoms with Gasteiger partial charge in [-0.15, -0.1) is 11.3 Å². The van der Waals surface area contributed by atoms with Crippen LogP contribution in [0.25, 0.3) is 10.2 Å². The number of benzene rings is 1. The number of carbonyl (C=O) groups excluding carboxylic acids is 1. The molecule has 2 atom stereocenters. The van der Waals surface area contributed by atoms with Crippen molar-refractivity contribution in [3.8, 4) is 0 Å². The van der Waals surface area contributed by atoms with Crippen LogP contribution in [-0.4, -0.2) is 22.8 Å². The first kappa shape index (κ1) is 17.0. The molecule has 0 radical (unpaired) electrons. The fourth-order valence-corrected chi connectivity index (χ4v) is 4.72. The number of aryl methyl sites for hydroxylation is 1. The van der Waals surface area contributed by atoms with Crippen LogP contribution in [-0.2, 0) is 11.3 Å². The van der Waals surface area contributed by atoms with Gasteiger partial charge in [-0.2, -0.15) is 0 Å². The summed E-state index contributed by atoms with van der Waals surface area (Å²) in [6.45, 7) is 2.42. The summed E-state index contributed by atoms with van der Waals surface area (Å²) in [5.74, 6) is 1.93. The van der Waals surface area contributed by atoms with Crippen LogP contribution < -0.4 is 0 Å². The lowest BCUT2D eigenvalue weighted by Gasteiger charge is -2.29. The number of furan rings is 1. The Morgan fingerprint density at radius 1 is 1.23 bits per heavy atom. The third kappa shape index (κ3) is 3.31. The maximum absolute atomic E-state index is 13.1. The first-order chi connectivity index (χ1) is 12.6. The summed E-state index contributed by atoms with van der Waals surface area (Å²) in [6.07, 6.45) is 5.93. The van der Waals surface area contributed by atoms with Gasteiger partial charge in [0.05, 0.1) is 27.7 Å². The highest BCUT2D eigenvalue weighted by Crippen LogP contribution is 2.39. The minimum absolute atomic E-state index is 0.0679. The average molecular weight is 366 g/mol. The van der Waals surface area contributed by atoms with Crippen LogP contribution in [0.2, 0.25) is 0 Å². The lowest BCUT2D eigenvalue weighted by atomic mass is 9.82. The fourth-order valence-electron chi connectivity index (χ4n) is 3.57. The molecule has 0 N–H and O–H groups in total. The summed E-state index contributed by atoms with van der Waals surface area (Å²) in [5.41, 5.74) is 1.02. The van der Waals surface area contributed by atoms with Gasteiger partial charge in [-0.1, -0.05) is 24.3 Å². The molecule has 0 bridgehead atoms. The zero-order valence-corrected chi connectivity index (χ0v) is 15.8. The minimum atomic E-state index is -0.0679. The number of fused-ring (bicyclic) bond motifs is 1. The van der Waals surface area contributed by atoms with E-state index in [4.69, 9.17) is 9.40 Å². The lowest BCUT2D eigenvalue weighted by Crippen LogP contribution is -2.36. The molecule has 3 aromatic rings. The number of amides is 1. The van der Waals surface area contributed by atoms with Crippen molar-refractivity contribution in [2.75, 3.05) is 7.05 Å². The largest absolute Gasteiger partial charge is 0.464 e. The van der Waals surface area contributed by atoms with E-state index < -0.39 is 0 Å². The van der Waals surface area contributed by atoms with Gasteiger partial charge in [0, 0.05) is 13.0 Å². The number of hydrogen-bond donors (Lipinski definition) is 0. The van der Waals surface area contributed by atoms with Gasteiger partial charge in [-0.3, -0.25) is 4.79 Å². The second-order valence-electron chi connectivity index (χ2n) is 6.88. The SMILES string of the molecule is Cc1ccc(CN(C)C(=O)[C@H]2CC=CC[C@H]2c2nc3ccccc3s2)o1. The van der Waals surface area contributed by atoms with Crippen molar-refractivity contribution in [1.29, 1.82) is 0 Å². The van der Waals surface area contributed by atoms with Crippen molar-refractivity contribution in [2.45, 2.75) is 32.2 Å². The molecule has 0 fully saturated rings. The molecular formula is C21H22N2O2S. The van der Waals surface area contributed by atoms with Crippen molar-refractivity contribution in [3.63, 3.8) is 0 Å². The zero-order valence-electron chi connectivity index (χ0n) is 15.0. The number of para-hydroxylation sites is 1. The predicted octanol–water partition coefficient (Wildman–Crippen LogP) is 4.91. The number of rotatable bonds is 4. The van der Waals surface area contributed by atoms with Crippen LogP contribution in [0.5, 0.6) is 0 Å². The third-order valence-corrected chi connectivity index (χ3v) is 6.11. The first-order valence-electron chi connectivity index (χ1n) is 8.92. The molecule has 134 valence electrons. The lowest BCUT2D eigenvalue weighted by molar-refractivity contribution is -0.135. The van der Waals surface area contributed by atoms with Crippen molar-refractivity contribution in [1.82, 2.24) is 9.88 Å². The summed E-state index contributed by atoms with van der Waals surface area (Å²) >= 11 is 1.71. The van der Waals surface area contributed by atoms with E-state index in [1.165, 1.54) is 4.70 Å². The second-order valence-corrected chi connectivity index (χ2v) is 7.94. The van der Waals surface area contributed by atoms with Crippen molar-refractivity contribution in [3.05, 3.63) is 65.1 Å². The Kier molecular flexibility index (Phi) is 4.64. The van der Waals surface area contributed by atoms with Gasteiger partial charge >= 0.3 is 0 Å². The molecule has 0 spiro atoms. The number of allylic oxidation sites excluding steroid dienone is 2. The summed E-state index contributed by atoms with van der Waals surface area (Å²) < 4.78 is 6.81. The number of hydrogen-bond acceptors (Lipinski definition) is 4. The highest BCUT2D eigenvalue weighted by atomic mass is 32.1. The van der Waals surface area contributed by atoms with E-state index in [1.807, 2.05) is 44.3 Å². The normalized spacial score (nSPS) is 19.8. The van der Waals surface area contributed by atoms with Gasteiger partial charge in [-0.25, -0.2) is 4.98 Å². The van der Waals surface area contributed by atoms with Gasteiger partial charge in [-0.05, 0) is 44.0 Å². The molecule has 5 heteroatoms. The van der Waals surface area contributed by atoms with E-state index in [1.54, 1.807) is 16.2 Å². The maximum Gasteiger partial charge on any atom is 0.226 e. The van der Waals surface area contributed by atoms with Crippen LogP contribution in [0, 0.1) is 12.8 Å². The predicted molar refractivity (Wildman–Crippen MR) is 104 cm³/mol. The molecule has 4 nitrogen and oxygen atoms in total. The van der Waals surface area contributed by atoms with E-state index >= 15 is 0 Å². The summed E-state index contributed by atoms with van der Waals surface area (Å²) in [5, 5.41) is 1.07.